The van der Waals surface area contributed by atoms with Gasteiger partial charge in [0.15, 0.2) is 0 Å². The van der Waals surface area contributed by atoms with Gasteiger partial charge in [-0.2, -0.15) is 0 Å². The van der Waals surface area contributed by atoms with Gasteiger partial charge in [-0.1, -0.05) is 63.2 Å². The van der Waals surface area contributed by atoms with E-state index in [1.807, 2.05) is 42.5 Å². The van der Waals surface area contributed by atoms with Crippen LogP contribution in [0.5, 0.6) is 0 Å². The van der Waals surface area contributed by atoms with E-state index >= 15 is 0 Å². The second-order valence-electron chi connectivity index (χ2n) is 9.75. The molecule has 0 radical (unpaired) electrons. The van der Waals surface area contributed by atoms with Crippen molar-refractivity contribution in [3.63, 3.8) is 0 Å². The highest BCUT2D eigenvalue weighted by molar-refractivity contribution is 6.04. The predicted octanol–water partition coefficient (Wildman–Crippen LogP) is 2.79. The molecule has 3 amide bonds. The number of nitrogens with two attached hydrogens (primary N) is 1. The molecular formula is C26H37ClN4O3. The zero-order chi connectivity index (χ0) is 24.0. The molecule has 0 bridgehead atoms. The van der Waals surface area contributed by atoms with Crippen LogP contribution >= 0.6 is 12.4 Å². The van der Waals surface area contributed by atoms with E-state index in [-0.39, 0.29) is 36.5 Å². The number of carbonyl (C=O) groups is 3. The molecule has 1 saturated heterocycles. The van der Waals surface area contributed by atoms with Crippen molar-refractivity contribution in [3.05, 3.63) is 48.0 Å². The maximum absolute atomic E-state index is 13.6. The number of fused-ring (bicyclic) bond motifs is 1. The molecule has 2 atom stereocenters. The van der Waals surface area contributed by atoms with E-state index in [0.717, 1.165) is 29.3 Å². The van der Waals surface area contributed by atoms with Crippen molar-refractivity contribution in [2.75, 3.05) is 19.6 Å². The zero-order valence-corrected chi connectivity index (χ0v) is 21.1. The van der Waals surface area contributed by atoms with Crippen molar-refractivity contribution in [3.8, 4) is 0 Å². The minimum atomic E-state index is -0.939. The molecular weight excluding hydrogens is 452 g/mol. The third-order valence-electron chi connectivity index (χ3n) is 5.99. The Morgan fingerprint density at radius 1 is 1.15 bits per heavy atom. The van der Waals surface area contributed by atoms with Gasteiger partial charge in [-0.3, -0.25) is 19.3 Å². The van der Waals surface area contributed by atoms with Gasteiger partial charge in [0, 0.05) is 18.4 Å². The molecule has 2 aromatic rings. The lowest BCUT2D eigenvalue weighted by Crippen LogP contribution is -2.59. The summed E-state index contributed by atoms with van der Waals surface area (Å²) in [6, 6.07) is 12.6. The Kier molecular flexibility index (Phi) is 10.0. The second-order valence-corrected chi connectivity index (χ2v) is 9.75. The lowest BCUT2D eigenvalue weighted by molar-refractivity contribution is -0.157. The van der Waals surface area contributed by atoms with Gasteiger partial charge in [-0.05, 0) is 48.7 Å². The maximum atomic E-state index is 13.6. The molecule has 4 N–H and O–H groups in total. The van der Waals surface area contributed by atoms with E-state index in [2.05, 4.69) is 10.6 Å². The van der Waals surface area contributed by atoms with Crippen LogP contribution in [0.4, 0.5) is 0 Å². The summed E-state index contributed by atoms with van der Waals surface area (Å²) in [5.41, 5.74) is 5.67. The molecule has 3 rings (SSSR count). The number of benzene rings is 2. The molecule has 2 aromatic carbocycles. The summed E-state index contributed by atoms with van der Waals surface area (Å²) in [6.07, 6.45) is 2.40. The smallest absolute Gasteiger partial charge is 0.247 e. The highest BCUT2D eigenvalue weighted by Crippen LogP contribution is 2.25. The minimum absolute atomic E-state index is 0. The quantitative estimate of drug-likeness (QED) is 0.495. The van der Waals surface area contributed by atoms with Gasteiger partial charge in [-0.25, -0.2) is 0 Å². The van der Waals surface area contributed by atoms with Crippen LogP contribution in [-0.2, 0) is 20.8 Å². The Balaban J connectivity index is 0.00000408. The van der Waals surface area contributed by atoms with E-state index in [1.165, 1.54) is 4.90 Å². The number of imide groups is 1. The van der Waals surface area contributed by atoms with Gasteiger partial charge in [0.2, 0.25) is 17.7 Å². The van der Waals surface area contributed by atoms with E-state index in [0.29, 0.717) is 25.9 Å². The third kappa shape index (κ3) is 6.78. The molecule has 186 valence electrons. The van der Waals surface area contributed by atoms with Crippen LogP contribution in [-0.4, -0.2) is 54.3 Å². The summed E-state index contributed by atoms with van der Waals surface area (Å²) in [4.78, 5) is 41.7. The van der Waals surface area contributed by atoms with Crippen molar-refractivity contribution in [2.24, 2.45) is 11.1 Å². The minimum Gasteiger partial charge on any atom is -0.354 e. The van der Waals surface area contributed by atoms with Gasteiger partial charge >= 0.3 is 0 Å². The van der Waals surface area contributed by atoms with Gasteiger partial charge < -0.3 is 16.4 Å². The van der Waals surface area contributed by atoms with Gasteiger partial charge in [0.25, 0.3) is 0 Å². The molecule has 0 unspecified atom stereocenters. The number of carbonyl (C=O) groups excluding carboxylic acids is 3. The lowest BCUT2D eigenvalue weighted by Gasteiger charge is -2.35. The average molecular weight is 489 g/mol. The van der Waals surface area contributed by atoms with E-state index in [9.17, 15) is 14.4 Å². The SMILES string of the molecule is CC(C)(C)C(=O)N(C(=O)[C@@H]1CCCN1)[C@H](Cc1ccc2ccccc2c1)C(=O)NCCCN.Cl. The molecule has 0 aliphatic carbocycles. The summed E-state index contributed by atoms with van der Waals surface area (Å²) < 4.78 is 0. The van der Waals surface area contributed by atoms with Crippen LogP contribution in [0.15, 0.2) is 42.5 Å². The van der Waals surface area contributed by atoms with Crippen LogP contribution in [0.25, 0.3) is 10.8 Å². The zero-order valence-electron chi connectivity index (χ0n) is 20.3. The highest BCUT2D eigenvalue weighted by Gasteiger charge is 2.42. The Hall–Kier alpha value is -2.48. The molecule has 0 spiro atoms. The largest absolute Gasteiger partial charge is 0.354 e. The van der Waals surface area contributed by atoms with Crippen LogP contribution in [0.1, 0.15) is 45.6 Å². The molecule has 1 aliphatic rings. The molecule has 34 heavy (non-hydrogen) atoms. The first-order chi connectivity index (χ1) is 15.7. The Morgan fingerprint density at radius 3 is 2.47 bits per heavy atom. The van der Waals surface area contributed by atoms with Crippen molar-refractivity contribution >= 4 is 40.9 Å². The Morgan fingerprint density at radius 2 is 1.85 bits per heavy atom. The first kappa shape index (κ1) is 27.8. The first-order valence-corrected chi connectivity index (χ1v) is 11.8. The number of halogens is 1. The van der Waals surface area contributed by atoms with Crippen molar-refractivity contribution in [2.45, 2.75) is 58.5 Å². The molecule has 8 heteroatoms. The normalized spacial score (nSPS) is 16.5. The predicted molar refractivity (Wildman–Crippen MR) is 138 cm³/mol. The van der Waals surface area contributed by atoms with E-state index in [1.54, 1.807) is 20.8 Å². The lowest BCUT2D eigenvalue weighted by atomic mass is 9.91. The fraction of sp³-hybridized carbons (Fsp3) is 0.500. The second kappa shape index (κ2) is 12.3. The molecule has 1 heterocycles. The highest BCUT2D eigenvalue weighted by atomic mass is 35.5. The van der Waals surface area contributed by atoms with Crippen LogP contribution in [0.3, 0.4) is 0 Å². The van der Waals surface area contributed by atoms with Crippen molar-refractivity contribution < 1.29 is 14.4 Å². The van der Waals surface area contributed by atoms with Crippen LogP contribution in [0.2, 0.25) is 0 Å². The molecule has 0 saturated carbocycles. The van der Waals surface area contributed by atoms with Gasteiger partial charge in [0.05, 0.1) is 6.04 Å². The van der Waals surface area contributed by atoms with Crippen molar-refractivity contribution in [1.29, 1.82) is 0 Å². The molecule has 1 aliphatic heterocycles. The average Bonchev–Trinajstić information content (AvgIpc) is 3.33. The standard InChI is InChI=1S/C26H36N4O3.ClH/c1-26(2,3)25(33)30(24(32)21-10-6-14-28-21)22(23(31)29-15-7-13-27)17-18-11-12-19-8-4-5-9-20(19)16-18;/h4-5,8-9,11-12,16,21-22,28H,6-7,10,13-15,17,27H2,1-3H3,(H,29,31);1H/t21-,22+;/m0./s1. The summed E-state index contributed by atoms with van der Waals surface area (Å²) in [7, 11) is 0. The molecule has 7 nitrogen and oxygen atoms in total. The topological polar surface area (TPSA) is 105 Å². The van der Waals surface area contributed by atoms with Crippen molar-refractivity contribution in [1.82, 2.24) is 15.5 Å². The number of hydrogen-bond donors (Lipinski definition) is 3. The summed E-state index contributed by atoms with van der Waals surface area (Å²) in [5, 5.41) is 8.22. The molecule has 0 aromatic heterocycles. The maximum Gasteiger partial charge on any atom is 0.247 e. The van der Waals surface area contributed by atoms with Crippen LogP contribution in [0, 0.1) is 5.41 Å². The monoisotopic (exact) mass is 488 g/mol. The number of hydrogen-bond acceptors (Lipinski definition) is 5. The van der Waals surface area contributed by atoms with E-state index < -0.39 is 17.5 Å². The summed E-state index contributed by atoms with van der Waals surface area (Å²) in [5.74, 6) is -1.01. The fourth-order valence-electron chi connectivity index (χ4n) is 4.14. The van der Waals surface area contributed by atoms with Gasteiger partial charge in [0.1, 0.15) is 6.04 Å². The molecule has 1 fully saturated rings. The first-order valence-electron chi connectivity index (χ1n) is 11.8. The Labute approximate surface area is 208 Å². The number of amides is 3. The van der Waals surface area contributed by atoms with E-state index in [4.69, 9.17) is 5.73 Å². The summed E-state index contributed by atoms with van der Waals surface area (Å²) in [6.45, 7) is 6.90. The summed E-state index contributed by atoms with van der Waals surface area (Å²) >= 11 is 0. The van der Waals surface area contributed by atoms with Gasteiger partial charge in [-0.15, -0.1) is 12.4 Å². The third-order valence-corrected chi connectivity index (χ3v) is 5.99. The van der Waals surface area contributed by atoms with Crippen LogP contribution < -0.4 is 16.4 Å². The number of nitrogens with one attached hydrogen (secondary N) is 2. The fourth-order valence-corrected chi connectivity index (χ4v) is 4.14. The number of rotatable bonds is 8. The Bertz CT molecular complexity index is 999. The number of nitrogens with zero attached hydrogens (tertiary/aromatic N) is 1.